The second-order valence-corrected chi connectivity index (χ2v) is 6.76. The third-order valence-corrected chi connectivity index (χ3v) is 4.24. The van der Waals surface area contributed by atoms with Crippen LogP contribution >= 0.6 is 23.2 Å². The summed E-state index contributed by atoms with van der Waals surface area (Å²) >= 11 is 12.2. The topological polar surface area (TPSA) is 56.5 Å². The number of ether oxygens (including phenoxy) is 1. The summed E-state index contributed by atoms with van der Waals surface area (Å²) in [7, 11) is 0. The molecule has 0 radical (unpaired) electrons. The van der Waals surface area contributed by atoms with Crippen molar-refractivity contribution in [1.29, 1.82) is 0 Å². The second-order valence-electron chi connectivity index (χ2n) is 5.88. The molecule has 0 fully saturated rings. The van der Waals surface area contributed by atoms with E-state index in [1.807, 2.05) is 13.8 Å². The van der Waals surface area contributed by atoms with Gasteiger partial charge in [-0.2, -0.15) is 5.10 Å². The van der Waals surface area contributed by atoms with Gasteiger partial charge in [0, 0.05) is 21.2 Å². The molecule has 0 aliphatic heterocycles. The van der Waals surface area contributed by atoms with Crippen LogP contribution in [0.1, 0.15) is 42.6 Å². The standard InChI is InChI=1S/C18H17Cl2N3O2/c1-4-25-18(24)14-8-22-23-15(9-21-17(23)16(14)10(2)3)11-5-12(19)7-13(20)6-11/h5-10H,4H2,1-3H3. The summed E-state index contributed by atoms with van der Waals surface area (Å²) in [6, 6.07) is 5.27. The Morgan fingerprint density at radius 2 is 1.88 bits per heavy atom. The van der Waals surface area contributed by atoms with Crippen molar-refractivity contribution in [3.05, 3.63) is 51.8 Å². The molecule has 0 N–H and O–H groups in total. The lowest BCUT2D eigenvalue weighted by molar-refractivity contribution is 0.0524. The van der Waals surface area contributed by atoms with Gasteiger partial charge in [0.25, 0.3) is 0 Å². The van der Waals surface area contributed by atoms with Crippen LogP contribution in [0.5, 0.6) is 0 Å². The van der Waals surface area contributed by atoms with Crippen molar-refractivity contribution in [2.24, 2.45) is 0 Å². The van der Waals surface area contributed by atoms with Crippen LogP contribution in [-0.4, -0.2) is 27.2 Å². The van der Waals surface area contributed by atoms with Gasteiger partial charge in [-0.3, -0.25) is 0 Å². The van der Waals surface area contributed by atoms with E-state index in [0.717, 1.165) is 16.8 Å². The number of carbonyl (C=O) groups excluding carboxylic acids is 1. The molecule has 5 nitrogen and oxygen atoms in total. The van der Waals surface area contributed by atoms with Crippen molar-refractivity contribution in [2.45, 2.75) is 26.7 Å². The Hall–Kier alpha value is -2.11. The number of hydrogen-bond donors (Lipinski definition) is 0. The molecular formula is C18H17Cl2N3O2. The van der Waals surface area contributed by atoms with Crippen molar-refractivity contribution < 1.29 is 9.53 Å². The van der Waals surface area contributed by atoms with E-state index in [-0.39, 0.29) is 5.92 Å². The highest BCUT2D eigenvalue weighted by atomic mass is 35.5. The average Bonchev–Trinajstić information content (AvgIpc) is 2.96. The van der Waals surface area contributed by atoms with Gasteiger partial charge in [0.05, 0.1) is 30.3 Å². The Bertz CT molecular complexity index is 931. The summed E-state index contributed by atoms with van der Waals surface area (Å²) in [5, 5.41) is 5.45. The van der Waals surface area contributed by atoms with Crippen LogP contribution in [0.2, 0.25) is 10.0 Å². The summed E-state index contributed by atoms with van der Waals surface area (Å²) in [6.07, 6.45) is 3.22. The highest BCUT2D eigenvalue weighted by molar-refractivity contribution is 6.35. The first-order chi connectivity index (χ1) is 11.9. The summed E-state index contributed by atoms with van der Waals surface area (Å²) in [5.41, 5.74) is 3.40. The molecule has 2 aromatic heterocycles. The van der Waals surface area contributed by atoms with Gasteiger partial charge in [-0.15, -0.1) is 0 Å². The molecule has 0 saturated carbocycles. The molecule has 2 heterocycles. The summed E-state index contributed by atoms with van der Waals surface area (Å²) in [4.78, 5) is 16.7. The van der Waals surface area contributed by atoms with Gasteiger partial charge in [-0.25, -0.2) is 14.3 Å². The molecule has 0 atom stereocenters. The molecule has 0 aliphatic rings. The van der Waals surface area contributed by atoms with Crippen molar-refractivity contribution in [3.8, 4) is 11.3 Å². The van der Waals surface area contributed by atoms with Crippen LogP contribution in [-0.2, 0) is 4.74 Å². The van der Waals surface area contributed by atoms with E-state index in [9.17, 15) is 4.79 Å². The zero-order valence-corrected chi connectivity index (χ0v) is 15.6. The number of esters is 1. The van der Waals surface area contributed by atoms with Crippen LogP contribution in [0.4, 0.5) is 0 Å². The quantitative estimate of drug-likeness (QED) is 0.600. The van der Waals surface area contributed by atoms with E-state index in [1.54, 1.807) is 35.8 Å². The molecule has 3 rings (SSSR count). The molecular weight excluding hydrogens is 361 g/mol. The molecule has 0 aliphatic carbocycles. The third kappa shape index (κ3) is 3.34. The fourth-order valence-corrected chi connectivity index (χ4v) is 3.32. The van der Waals surface area contributed by atoms with Crippen molar-refractivity contribution in [3.63, 3.8) is 0 Å². The maximum absolute atomic E-state index is 12.2. The fourth-order valence-electron chi connectivity index (χ4n) is 2.79. The monoisotopic (exact) mass is 377 g/mol. The lowest BCUT2D eigenvalue weighted by atomic mass is 10.00. The highest BCUT2D eigenvalue weighted by Gasteiger charge is 2.22. The third-order valence-electron chi connectivity index (χ3n) is 3.80. The van der Waals surface area contributed by atoms with Crippen LogP contribution in [0.25, 0.3) is 16.9 Å². The van der Waals surface area contributed by atoms with E-state index in [4.69, 9.17) is 27.9 Å². The Balaban J connectivity index is 2.23. The number of imidazole rings is 1. The lowest BCUT2D eigenvalue weighted by Crippen LogP contribution is -2.12. The molecule has 0 amide bonds. The van der Waals surface area contributed by atoms with Crippen molar-refractivity contribution >= 4 is 34.8 Å². The largest absolute Gasteiger partial charge is 0.462 e. The Morgan fingerprint density at radius 3 is 2.48 bits per heavy atom. The molecule has 0 bridgehead atoms. The molecule has 1 aromatic carbocycles. The van der Waals surface area contributed by atoms with Gasteiger partial charge in [-0.05, 0) is 31.0 Å². The number of nitrogens with zero attached hydrogens (tertiary/aromatic N) is 3. The second kappa shape index (κ2) is 7.02. The number of hydrogen-bond acceptors (Lipinski definition) is 4. The van der Waals surface area contributed by atoms with Crippen LogP contribution in [0, 0.1) is 0 Å². The van der Waals surface area contributed by atoms with Gasteiger partial charge in [0.1, 0.15) is 0 Å². The van der Waals surface area contributed by atoms with E-state index in [0.29, 0.717) is 27.9 Å². The Morgan fingerprint density at radius 1 is 1.20 bits per heavy atom. The lowest BCUT2D eigenvalue weighted by Gasteiger charge is -2.13. The molecule has 7 heteroatoms. The summed E-state index contributed by atoms with van der Waals surface area (Å²) in [5.74, 6) is -0.320. The minimum absolute atomic E-state index is 0.0723. The number of halogens is 2. The average molecular weight is 378 g/mol. The maximum Gasteiger partial charge on any atom is 0.340 e. The summed E-state index contributed by atoms with van der Waals surface area (Å²) < 4.78 is 6.83. The molecule has 25 heavy (non-hydrogen) atoms. The molecule has 3 aromatic rings. The number of carbonyl (C=O) groups is 1. The van der Waals surface area contributed by atoms with Gasteiger partial charge in [-0.1, -0.05) is 37.0 Å². The number of aromatic nitrogens is 3. The minimum Gasteiger partial charge on any atom is -0.462 e. The van der Waals surface area contributed by atoms with Crippen molar-refractivity contribution in [1.82, 2.24) is 14.6 Å². The van der Waals surface area contributed by atoms with Crippen molar-refractivity contribution in [2.75, 3.05) is 6.61 Å². The SMILES string of the molecule is CCOC(=O)c1cnn2c(-c3cc(Cl)cc(Cl)c3)cnc2c1C(C)C. The van der Waals surface area contributed by atoms with Gasteiger partial charge < -0.3 is 4.74 Å². The minimum atomic E-state index is -0.392. The molecule has 0 saturated heterocycles. The predicted octanol–water partition coefficient (Wildman–Crippen LogP) is 5.00. The van der Waals surface area contributed by atoms with Crippen LogP contribution in [0.15, 0.2) is 30.6 Å². The van der Waals surface area contributed by atoms with E-state index >= 15 is 0 Å². The highest BCUT2D eigenvalue weighted by Crippen LogP contribution is 2.30. The zero-order valence-electron chi connectivity index (χ0n) is 14.1. The first kappa shape index (κ1) is 17.7. The Kier molecular flexibility index (Phi) is 4.97. The van der Waals surface area contributed by atoms with E-state index < -0.39 is 5.97 Å². The Labute approximate surface area is 155 Å². The molecule has 130 valence electrons. The number of fused-ring (bicyclic) bond motifs is 1. The van der Waals surface area contributed by atoms with Crippen LogP contribution < -0.4 is 0 Å². The number of rotatable bonds is 4. The first-order valence-electron chi connectivity index (χ1n) is 7.92. The number of benzene rings is 1. The fraction of sp³-hybridized carbons (Fsp3) is 0.278. The maximum atomic E-state index is 12.2. The molecule has 0 unspecified atom stereocenters. The smallest absolute Gasteiger partial charge is 0.340 e. The van der Waals surface area contributed by atoms with E-state index in [2.05, 4.69) is 10.1 Å². The zero-order chi connectivity index (χ0) is 18.1. The van der Waals surface area contributed by atoms with Gasteiger partial charge >= 0.3 is 5.97 Å². The van der Waals surface area contributed by atoms with E-state index in [1.165, 1.54) is 6.20 Å². The van der Waals surface area contributed by atoms with Crippen LogP contribution in [0.3, 0.4) is 0 Å². The van der Waals surface area contributed by atoms with Gasteiger partial charge in [0.15, 0.2) is 5.65 Å². The summed E-state index contributed by atoms with van der Waals surface area (Å²) in [6.45, 7) is 6.09. The normalized spacial score (nSPS) is 11.3. The predicted molar refractivity (Wildman–Crippen MR) is 98.5 cm³/mol. The molecule has 0 spiro atoms. The van der Waals surface area contributed by atoms with Gasteiger partial charge in [0.2, 0.25) is 0 Å². The first-order valence-corrected chi connectivity index (χ1v) is 8.68.